The molecule has 0 saturated heterocycles. The van der Waals surface area contributed by atoms with Crippen LogP contribution in [0.3, 0.4) is 0 Å². The van der Waals surface area contributed by atoms with Crippen molar-refractivity contribution >= 4 is 23.3 Å². The van der Waals surface area contributed by atoms with Crippen molar-refractivity contribution in [1.82, 2.24) is 14.4 Å². The van der Waals surface area contributed by atoms with E-state index in [0.29, 0.717) is 34.8 Å². The average Bonchev–Trinajstić information content (AvgIpc) is 3.06. The first-order chi connectivity index (χ1) is 13.0. The molecule has 0 radical (unpaired) electrons. The van der Waals surface area contributed by atoms with Gasteiger partial charge in [-0.1, -0.05) is 19.9 Å². The summed E-state index contributed by atoms with van der Waals surface area (Å²) >= 11 is 0. The van der Waals surface area contributed by atoms with Gasteiger partial charge in [0.25, 0.3) is 0 Å². The summed E-state index contributed by atoms with van der Waals surface area (Å²) in [7, 11) is 0. The number of imidazole rings is 1. The van der Waals surface area contributed by atoms with Crippen LogP contribution in [-0.2, 0) is 9.53 Å². The number of nitriles is 1. The van der Waals surface area contributed by atoms with E-state index in [2.05, 4.69) is 16.0 Å². The lowest BCUT2D eigenvalue weighted by Gasteiger charge is -2.11. The summed E-state index contributed by atoms with van der Waals surface area (Å²) < 4.78 is 7.10. The summed E-state index contributed by atoms with van der Waals surface area (Å²) in [5, 5.41) is 9.25. The fraction of sp³-hybridized carbons (Fsp3) is 0.238. The molecule has 0 fully saturated rings. The standard InChI is InChI=1S/C21H20N4O2/c1-14(2)13-27-21(26)19(9-17-6-4-5-15(3)24-17)16-7-8-20-23-11-18(10-22)25(20)12-16/h4-9,11-12,14H,13H2,1-3H3/b19-9+. The molecule has 0 aliphatic rings. The van der Waals surface area contributed by atoms with Crippen LogP contribution in [0.4, 0.5) is 0 Å². The van der Waals surface area contributed by atoms with E-state index in [1.165, 1.54) is 6.20 Å². The lowest BCUT2D eigenvalue weighted by Crippen LogP contribution is -2.12. The average molecular weight is 360 g/mol. The van der Waals surface area contributed by atoms with Crippen molar-refractivity contribution in [2.24, 2.45) is 5.92 Å². The van der Waals surface area contributed by atoms with Crippen molar-refractivity contribution in [2.75, 3.05) is 6.61 Å². The molecule has 136 valence electrons. The van der Waals surface area contributed by atoms with Gasteiger partial charge in [-0.25, -0.2) is 9.78 Å². The van der Waals surface area contributed by atoms with Gasteiger partial charge in [-0.05, 0) is 43.2 Å². The van der Waals surface area contributed by atoms with E-state index in [1.54, 1.807) is 28.8 Å². The highest BCUT2D eigenvalue weighted by Gasteiger charge is 2.16. The Kier molecular flexibility index (Phi) is 5.32. The number of carbonyl (C=O) groups is 1. The highest BCUT2D eigenvalue weighted by atomic mass is 16.5. The number of aromatic nitrogens is 3. The number of esters is 1. The lowest BCUT2D eigenvalue weighted by molar-refractivity contribution is -0.137. The van der Waals surface area contributed by atoms with Crippen molar-refractivity contribution < 1.29 is 9.53 Å². The molecular weight excluding hydrogens is 340 g/mol. The zero-order valence-corrected chi connectivity index (χ0v) is 15.5. The molecule has 3 aromatic heterocycles. The number of fused-ring (bicyclic) bond motifs is 1. The van der Waals surface area contributed by atoms with Gasteiger partial charge >= 0.3 is 5.97 Å². The van der Waals surface area contributed by atoms with E-state index in [1.807, 2.05) is 39.0 Å². The van der Waals surface area contributed by atoms with Crippen LogP contribution in [0.25, 0.3) is 17.3 Å². The number of rotatable bonds is 5. The van der Waals surface area contributed by atoms with Gasteiger partial charge in [0.2, 0.25) is 0 Å². The van der Waals surface area contributed by atoms with Gasteiger partial charge in [0.05, 0.1) is 24.1 Å². The normalized spacial score (nSPS) is 11.6. The molecule has 27 heavy (non-hydrogen) atoms. The minimum atomic E-state index is -0.426. The molecule has 0 amide bonds. The van der Waals surface area contributed by atoms with Gasteiger partial charge in [-0.15, -0.1) is 0 Å². The third kappa shape index (κ3) is 4.21. The summed E-state index contributed by atoms with van der Waals surface area (Å²) in [6.07, 6.45) is 4.93. The van der Waals surface area contributed by atoms with Gasteiger partial charge < -0.3 is 4.74 Å². The number of pyridine rings is 2. The number of nitrogens with zero attached hydrogens (tertiary/aromatic N) is 4. The second kappa shape index (κ2) is 7.83. The molecule has 6 nitrogen and oxygen atoms in total. The molecule has 0 aromatic carbocycles. The van der Waals surface area contributed by atoms with E-state index in [9.17, 15) is 10.1 Å². The van der Waals surface area contributed by atoms with Crippen molar-refractivity contribution in [2.45, 2.75) is 20.8 Å². The highest BCUT2D eigenvalue weighted by Crippen LogP contribution is 2.21. The van der Waals surface area contributed by atoms with Crippen LogP contribution in [0.5, 0.6) is 0 Å². The van der Waals surface area contributed by atoms with Crippen LogP contribution in [-0.4, -0.2) is 26.9 Å². The molecule has 6 heteroatoms. The fourth-order valence-electron chi connectivity index (χ4n) is 2.60. The number of aryl methyl sites for hydroxylation is 1. The molecular formula is C21H20N4O2. The quantitative estimate of drug-likeness (QED) is 0.512. The van der Waals surface area contributed by atoms with Crippen LogP contribution < -0.4 is 0 Å². The predicted octanol–water partition coefficient (Wildman–Crippen LogP) is 3.65. The third-order valence-electron chi connectivity index (χ3n) is 3.90. The van der Waals surface area contributed by atoms with E-state index in [4.69, 9.17) is 4.74 Å². The van der Waals surface area contributed by atoms with Gasteiger partial charge in [-0.2, -0.15) is 5.26 Å². The van der Waals surface area contributed by atoms with E-state index < -0.39 is 5.97 Å². The Morgan fingerprint density at radius 1 is 1.33 bits per heavy atom. The second-order valence-electron chi connectivity index (χ2n) is 6.66. The Hall–Kier alpha value is -3.46. The molecule has 0 aliphatic carbocycles. The molecule has 3 rings (SSSR count). The Balaban J connectivity index is 2.08. The van der Waals surface area contributed by atoms with Crippen LogP contribution in [0.1, 0.15) is 36.5 Å². The zero-order valence-electron chi connectivity index (χ0n) is 15.5. The first kappa shape index (κ1) is 18.3. The van der Waals surface area contributed by atoms with Crippen LogP contribution >= 0.6 is 0 Å². The van der Waals surface area contributed by atoms with Crippen LogP contribution in [0.2, 0.25) is 0 Å². The number of hydrogen-bond acceptors (Lipinski definition) is 5. The Bertz CT molecular complexity index is 1060. The van der Waals surface area contributed by atoms with E-state index >= 15 is 0 Å². The third-order valence-corrected chi connectivity index (χ3v) is 3.90. The van der Waals surface area contributed by atoms with E-state index in [0.717, 1.165) is 5.69 Å². The zero-order chi connectivity index (χ0) is 19.4. The number of hydrogen-bond donors (Lipinski definition) is 0. The molecule has 0 atom stereocenters. The maximum Gasteiger partial charge on any atom is 0.338 e. The van der Waals surface area contributed by atoms with Crippen molar-refractivity contribution in [3.8, 4) is 6.07 Å². The molecule has 0 bridgehead atoms. The van der Waals surface area contributed by atoms with Gasteiger partial charge in [0, 0.05) is 17.5 Å². The van der Waals surface area contributed by atoms with Crippen molar-refractivity contribution in [3.05, 3.63) is 65.4 Å². The summed E-state index contributed by atoms with van der Waals surface area (Å²) in [6.45, 7) is 6.18. The predicted molar refractivity (Wildman–Crippen MR) is 103 cm³/mol. The number of ether oxygens (including phenoxy) is 1. The van der Waals surface area contributed by atoms with Gasteiger partial charge in [0.1, 0.15) is 17.4 Å². The summed E-state index contributed by atoms with van der Waals surface area (Å²) in [6, 6.07) is 11.3. The molecule has 0 N–H and O–H groups in total. The van der Waals surface area contributed by atoms with Gasteiger partial charge in [-0.3, -0.25) is 9.38 Å². The summed E-state index contributed by atoms with van der Waals surface area (Å²) in [4.78, 5) is 21.4. The smallest absolute Gasteiger partial charge is 0.338 e. The van der Waals surface area contributed by atoms with E-state index in [-0.39, 0.29) is 5.92 Å². The first-order valence-corrected chi connectivity index (χ1v) is 8.68. The molecule has 3 aromatic rings. The molecule has 0 unspecified atom stereocenters. The molecule has 0 aliphatic heterocycles. The Morgan fingerprint density at radius 3 is 2.85 bits per heavy atom. The lowest BCUT2D eigenvalue weighted by atomic mass is 10.1. The minimum Gasteiger partial charge on any atom is -0.462 e. The number of carbonyl (C=O) groups excluding carboxylic acids is 1. The largest absolute Gasteiger partial charge is 0.462 e. The molecule has 3 heterocycles. The fourth-order valence-corrected chi connectivity index (χ4v) is 2.60. The SMILES string of the molecule is Cc1cccc(/C=C(/C(=O)OCC(C)C)c2ccc3ncc(C#N)n3c2)n1. The van der Waals surface area contributed by atoms with Crippen LogP contribution in [0.15, 0.2) is 42.7 Å². The minimum absolute atomic E-state index is 0.230. The first-order valence-electron chi connectivity index (χ1n) is 8.68. The maximum absolute atomic E-state index is 12.8. The highest BCUT2D eigenvalue weighted by molar-refractivity contribution is 6.21. The summed E-state index contributed by atoms with van der Waals surface area (Å²) in [5.41, 5.74) is 3.57. The van der Waals surface area contributed by atoms with Crippen molar-refractivity contribution in [3.63, 3.8) is 0 Å². The topological polar surface area (TPSA) is 80.3 Å². The maximum atomic E-state index is 12.8. The Labute approximate surface area is 157 Å². The van der Waals surface area contributed by atoms with Crippen molar-refractivity contribution in [1.29, 1.82) is 5.26 Å². The van der Waals surface area contributed by atoms with Crippen LogP contribution in [0, 0.1) is 24.2 Å². The molecule has 0 saturated carbocycles. The monoisotopic (exact) mass is 360 g/mol. The Morgan fingerprint density at radius 2 is 2.15 bits per heavy atom. The van der Waals surface area contributed by atoms with Gasteiger partial charge in [0.15, 0.2) is 0 Å². The second-order valence-corrected chi connectivity index (χ2v) is 6.66. The molecule has 0 spiro atoms. The summed E-state index contributed by atoms with van der Waals surface area (Å²) in [5.74, 6) is -0.196.